The molecule has 0 aromatic rings. The normalized spacial score (nSPS) is 12.8. The van der Waals surface area contributed by atoms with Crippen LogP contribution in [0.2, 0.25) is 0 Å². The zero-order valence-electron chi connectivity index (χ0n) is 44.9. The van der Waals surface area contributed by atoms with Gasteiger partial charge in [-0.1, -0.05) is 256 Å². The van der Waals surface area contributed by atoms with Gasteiger partial charge < -0.3 is 20.3 Å². The van der Waals surface area contributed by atoms with Gasteiger partial charge in [0.2, 0.25) is 5.91 Å². The fraction of sp³-hybridized carbons (Fsp3) is 0.869. The van der Waals surface area contributed by atoms with E-state index in [2.05, 4.69) is 43.5 Å². The van der Waals surface area contributed by atoms with E-state index in [4.69, 9.17) is 4.74 Å². The summed E-state index contributed by atoms with van der Waals surface area (Å²) < 4.78 is 5.48. The first-order chi connectivity index (χ1) is 33.0. The van der Waals surface area contributed by atoms with Crippen molar-refractivity contribution in [3.8, 4) is 0 Å². The Morgan fingerprint density at radius 3 is 1.06 bits per heavy atom. The molecule has 0 spiro atoms. The number of hydrogen-bond donors (Lipinski definition) is 3. The Labute approximate surface area is 417 Å². The molecule has 0 aromatic carbocycles. The van der Waals surface area contributed by atoms with Gasteiger partial charge in [0.25, 0.3) is 0 Å². The molecule has 0 aliphatic heterocycles. The number of aliphatic hydroxyl groups is 2. The Kier molecular flexibility index (Phi) is 55.0. The average Bonchev–Trinajstić information content (AvgIpc) is 3.33. The van der Waals surface area contributed by atoms with E-state index in [-0.39, 0.29) is 18.5 Å². The Bertz CT molecular complexity index is 1090. The number of carbonyl (C=O) groups excluding carboxylic acids is 2. The highest BCUT2D eigenvalue weighted by molar-refractivity contribution is 5.76. The van der Waals surface area contributed by atoms with Gasteiger partial charge in [0.1, 0.15) is 0 Å². The molecular weight excluding hydrogens is 827 g/mol. The summed E-state index contributed by atoms with van der Waals surface area (Å²) in [6.07, 6.45) is 70.5. The lowest BCUT2D eigenvalue weighted by Crippen LogP contribution is -2.45. The van der Waals surface area contributed by atoms with Crippen LogP contribution in [0.4, 0.5) is 0 Å². The summed E-state index contributed by atoms with van der Waals surface area (Å²) in [6.45, 7) is 4.87. The van der Waals surface area contributed by atoms with E-state index in [1.165, 1.54) is 244 Å². The number of unbranched alkanes of at least 4 members (excludes halogenated alkanes) is 40. The zero-order chi connectivity index (χ0) is 48.6. The van der Waals surface area contributed by atoms with Crippen molar-refractivity contribution in [2.75, 3.05) is 13.2 Å². The van der Waals surface area contributed by atoms with Gasteiger partial charge in [0.15, 0.2) is 0 Å². The molecule has 0 saturated heterocycles. The van der Waals surface area contributed by atoms with Gasteiger partial charge in [-0.2, -0.15) is 0 Å². The molecule has 0 heterocycles. The quantitative estimate of drug-likeness (QED) is 0.0321. The predicted molar refractivity (Wildman–Crippen MR) is 292 cm³/mol. The molecule has 0 aliphatic rings. The van der Waals surface area contributed by atoms with Crippen molar-refractivity contribution in [3.05, 3.63) is 36.5 Å². The first-order valence-electron chi connectivity index (χ1n) is 29.8. The third kappa shape index (κ3) is 53.3. The first kappa shape index (κ1) is 65.1. The summed E-state index contributed by atoms with van der Waals surface area (Å²) in [4.78, 5) is 24.4. The molecule has 0 bridgehead atoms. The summed E-state index contributed by atoms with van der Waals surface area (Å²) >= 11 is 0. The Balaban J connectivity index is 3.37. The van der Waals surface area contributed by atoms with Gasteiger partial charge in [-0.3, -0.25) is 9.59 Å². The molecule has 67 heavy (non-hydrogen) atoms. The van der Waals surface area contributed by atoms with E-state index in [0.717, 1.165) is 44.9 Å². The molecule has 2 unspecified atom stereocenters. The highest BCUT2D eigenvalue weighted by Crippen LogP contribution is 2.16. The summed E-state index contributed by atoms with van der Waals surface area (Å²) in [5.41, 5.74) is 0. The monoisotopic (exact) mass is 942 g/mol. The van der Waals surface area contributed by atoms with Crippen LogP contribution in [0.5, 0.6) is 0 Å². The molecule has 2 atom stereocenters. The summed E-state index contributed by atoms with van der Waals surface area (Å²) in [5.74, 6) is -0.0669. The zero-order valence-corrected chi connectivity index (χ0v) is 44.9. The molecule has 6 nitrogen and oxygen atoms in total. The minimum Gasteiger partial charge on any atom is -0.466 e. The number of allylic oxidation sites excluding steroid dienone is 5. The van der Waals surface area contributed by atoms with Crippen molar-refractivity contribution in [3.63, 3.8) is 0 Å². The van der Waals surface area contributed by atoms with E-state index in [1.54, 1.807) is 6.08 Å². The lowest BCUT2D eigenvalue weighted by Gasteiger charge is -2.20. The lowest BCUT2D eigenvalue weighted by molar-refractivity contribution is -0.143. The third-order valence-corrected chi connectivity index (χ3v) is 13.6. The minimum absolute atomic E-state index is 0.00562. The molecule has 0 aromatic heterocycles. The standard InChI is InChI=1S/C61H115NO5/c1-3-5-7-9-11-13-14-15-28-32-35-39-43-47-51-55-61(66)67-56-52-48-44-40-36-33-30-27-25-23-21-19-17-16-18-20-22-24-26-29-31-34-38-42-46-50-54-60(65)62-58(57-63)59(64)53-49-45-41-37-12-10-8-6-4-2/h15-16,18,28,49,53,58-59,63-64H,3-14,17,19-27,29-48,50-52,54-57H2,1-2H3,(H,62,65)/b18-16-,28-15-,53-49+. The van der Waals surface area contributed by atoms with Gasteiger partial charge in [-0.25, -0.2) is 0 Å². The lowest BCUT2D eigenvalue weighted by atomic mass is 10.0. The number of hydrogen-bond acceptors (Lipinski definition) is 5. The number of ether oxygens (including phenoxy) is 1. The van der Waals surface area contributed by atoms with Crippen molar-refractivity contribution in [1.29, 1.82) is 0 Å². The molecule has 6 heteroatoms. The predicted octanol–water partition coefficient (Wildman–Crippen LogP) is 18.4. The molecule has 0 aliphatic carbocycles. The van der Waals surface area contributed by atoms with E-state index in [1.807, 2.05) is 6.08 Å². The fourth-order valence-electron chi connectivity index (χ4n) is 9.03. The van der Waals surface area contributed by atoms with E-state index >= 15 is 0 Å². The molecule has 3 N–H and O–H groups in total. The number of carbonyl (C=O) groups is 2. The number of amides is 1. The van der Waals surface area contributed by atoms with Crippen molar-refractivity contribution >= 4 is 11.9 Å². The van der Waals surface area contributed by atoms with Crippen LogP contribution in [-0.4, -0.2) is 47.4 Å². The number of esters is 1. The van der Waals surface area contributed by atoms with Crippen LogP contribution >= 0.6 is 0 Å². The van der Waals surface area contributed by atoms with E-state index < -0.39 is 12.1 Å². The maximum absolute atomic E-state index is 12.4. The summed E-state index contributed by atoms with van der Waals surface area (Å²) in [5, 5.41) is 22.9. The second-order valence-electron chi connectivity index (χ2n) is 20.3. The van der Waals surface area contributed by atoms with Crippen molar-refractivity contribution < 1.29 is 24.5 Å². The minimum atomic E-state index is -0.843. The van der Waals surface area contributed by atoms with Crippen molar-refractivity contribution in [2.24, 2.45) is 0 Å². The summed E-state index contributed by atoms with van der Waals surface area (Å²) in [7, 11) is 0. The average molecular weight is 943 g/mol. The second-order valence-corrected chi connectivity index (χ2v) is 20.3. The maximum Gasteiger partial charge on any atom is 0.305 e. The smallest absolute Gasteiger partial charge is 0.305 e. The van der Waals surface area contributed by atoms with Crippen LogP contribution in [0.1, 0.15) is 316 Å². The van der Waals surface area contributed by atoms with Crippen LogP contribution in [0.15, 0.2) is 36.5 Å². The molecule has 0 radical (unpaired) electrons. The van der Waals surface area contributed by atoms with Crippen LogP contribution in [0, 0.1) is 0 Å². The van der Waals surface area contributed by atoms with E-state index in [9.17, 15) is 19.8 Å². The van der Waals surface area contributed by atoms with Crippen molar-refractivity contribution in [2.45, 2.75) is 328 Å². The second kappa shape index (κ2) is 56.7. The van der Waals surface area contributed by atoms with Gasteiger partial charge in [-0.15, -0.1) is 0 Å². The van der Waals surface area contributed by atoms with E-state index in [0.29, 0.717) is 19.4 Å². The molecule has 394 valence electrons. The molecule has 0 fully saturated rings. The van der Waals surface area contributed by atoms with Crippen molar-refractivity contribution in [1.82, 2.24) is 5.32 Å². The highest BCUT2D eigenvalue weighted by Gasteiger charge is 2.18. The fourth-order valence-corrected chi connectivity index (χ4v) is 9.03. The van der Waals surface area contributed by atoms with Gasteiger partial charge in [0.05, 0.1) is 25.4 Å². The SMILES string of the molecule is CCCCCCCC/C=C\CCCCCCCC(=O)OCCCCCCCCCCCCCC/C=C\CCCCCCCCCCCCC(=O)NC(CO)C(O)/C=C/CCCCCCCCC. The van der Waals surface area contributed by atoms with Crippen LogP contribution < -0.4 is 5.32 Å². The number of rotatable bonds is 55. The largest absolute Gasteiger partial charge is 0.466 e. The highest BCUT2D eigenvalue weighted by atomic mass is 16.5. The Morgan fingerprint density at radius 1 is 0.403 bits per heavy atom. The van der Waals surface area contributed by atoms with Gasteiger partial charge in [-0.05, 0) is 83.5 Å². The number of aliphatic hydroxyl groups excluding tert-OH is 2. The maximum atomic E-state index is 12.4. The molecule has 1 amide bonds. The summed E-state index contributed by atoms with van der Waals surface area (Å²) in [6, 6.07) is -0.627. The molecular formula is C61H115NO5. The van der Waals surface area contributed by atoms with Gasteiger partial charge in [0, 0.05) is 12.8 Å². The van der Waals surface area contributed by atoms with Crippen LogP contribution in [0.3, 0.4) is 0 Å². The number of nitrogens with one attached hydrogen (secondary N) is 1. The third-order valence-electron chi connectivity index (χ3n) is 13.6. The Morgan fingerprint density at radius 2 is 0.701 bits per heavy atom. The Hall–Kier alpha value is -1.92. The topological polar surface area (TPSA) is 95.9 Å². The first-order valence-corrected chi connectivity index (χ1v) is 29.8. The molecule has 0 saturated carbocycles. The van der Waals surface area contributed by atoms with Crippen LogP contribution in [0.25, 0.3) is 0 Å². The molecule has 0 rings (SSSR count). The van der Waals surface area contributed by atoms with Crippen LogP contribution in [-0.2, 0) is 14.3 Å². The van der Waals surface area contributed by atoms with Gasteiger partial charge >= 0.3 is 5.97 Å².